The molecule has 3 nitrogen and oxygen atoms in total. The zero-order valence-corrected chi connectivity index (χ0v) is 16.0. The van der Waals surface area contributed by atoms with Crippen molar-refractivity contribution in [1.82, 2.24) is 15.1 Å². The summed E-state index contributed by atoms with van der Waals surface area (Å²) in [5.41, 5.74) is 1.43. The monoisotopic (exact) mass is 369 g/mol. The smallest absolute Gasteiger partial charge is 0.0233 e. The highest BCUT2D eigenvalue weighted by molar-refractivity contribution is 5.86. The lowest BCUT2D eigenvalue weighted by molar-refractivity contribution is 0.189. The highest BCUT2D eigenvalue weighted by atomic mass is 35.5. The van der Waals surface area contributed by atoms with Crippen LogP contribution in [0.1, 0.15) is 18.4 Å². The number of hydrogen-bond donors (Lipinski definition) is 1. The fraction of sp³-hybridized carbons (Fsp3) is 0.625. The zero-order valence-electron chi connectivity index (χ0n) is 13.5. The van der Waals surface area contributed by atoms with Gasteiger partial charge in [-0.1, -0.05) is 30.3 Å². The topological polar surface area (TPSA) is 18.5 Å². The van der Waals surface area contributed by atoms with E-state index in [-0.39, 0.29) is 37.2 Å². The number of likely N-dealkylation sites (N-methyl/N-ethyl adjacent to an activating group) is 1. The number of benzene rings is 1. The van der Waals surface area contributed by atoms with Gasteiger partial charge < -0.3 is 10.2 Å². The summed E-state index contributed by atoms with van der Waals surface area (Å²) in [5.74, 6) is 0. The lowest BCUT2D eigenvalue weighted by atomic mass is 10.0. The highest BCUT2D eigenvalue weighted by Crippen LogP contribution is 2.13. The largest absolute Gasteiger partial charge is 0.313 e. The Labute approximate surface area is 154 Å². The lowest BCUT2D eigenvalue weighted by Gasteiger charge is -2.32. The summed E-state index contributed by atoms with van der Waals surface area (Å²) in [6.45, 7) is 5.77. The van der Waals surface area contributed by atoms with Crippen LogP contribution in [-0.4, -0.2) is 56.1 Å². The van der Waals surface area contributed by atoms with Gasteiger partial charge in [-0.05, 0) is 45.6 Å². The third-order valence-corrected chi connectivity index (χ3v) is 3.83. The number of nitrogens with zero attached hydrogens (tertiary/aromatic N) is 2. The van der Waals surface area contributed by atoms with Gasteiger partial charge in [-0.3, -0.25) is 4.90 Å². The van der Waals surface area contributed by atoms with Gasteiger partial charge in [-0.25, -0.2) is 0 Å². The second-order valence-electron chi connectivity index (χ2n) is 5.79. The van der Waals surface area contributed by atoms with Crippen LogP contribution >= 0.6 is 37.2 Å². The third kappa shape index (κ3) is 9.19. The van der Waals surface area contributed by atoms with Gasteiger partial charge in [0, 0.05) is 25.7 Å². The maximum atomic E-state index is 3.67. The zero-order chi connectivity index (χ0) is 13.5. The lowest BCUT2D eigenvalue weighted by Crippen LogP contribution is -2.43. The van der Waals surface area contributed by atoms with Gasteiger partial charge >= 0.3 is 0 Å². The summed E-state index contributed by atoms with van der Waals surface area (Å²) < 4.78 is 0. The highest BCUT2D eigenvalue weighted by Gasteiger charge is 2.18. The Balaban J connectivity index is 0. The molecule has 0 aromatic heterocycles. The van der Waals surface area contributed by atoms with Crippen LogP contribution in [0.15, 0.2) is 30.3 Å². The number of hydrogen-bond acceptors (Lipinski definition) is 3. The van der Waals surface area contributed by atoms with Crippen molar-refractivity contribution in [1.29, 1.82) is 0 Å². The van der Waals surface area contributed by atoms with E-state index in [4.69, 9.17) is 0 Å². The average Bonchev–Trinajstić information content (AvgIpc) is 2.42. The number of halogens is 3. The van der Waals surface area contributed by atoms with Gasteiger partial charge in [0.15, 0.2) is 0 Å². The first-order chi connectivity index (χ1) is 9.24. The molecule has 0 atom stereocenters. The molecule has 0 spiro atoms. The van der Waals surface area contributed by atoms with Crippen LogP contribution in [0, 0.1) is 0 Å². The Kier molecular flexibility index (Phi) is 14.8. The molecule has 1 saturated heterocycles. The van der Waals surface area contributed by atoms with E-state index in [2.05, 4.69) is 59.5 Å². The van der Waals surface area contributed by atoms with Crippen LogP contribution in [0.4, 0.5) is 0 Å². The first-order valence-electron chi connectivity index (χ1n) is 7.38. The van der Waals surface area contributed by atoms with Crippen LogP contribution in [0.2, 0.25) is 0 Å². The SMILES string of the molecule is CN(C)CCNC1CCN(Cc2ccccc2)CC1.Cl.Cl.Cl. The molecular weight excluding hydrogens is 341 g/mol. The molecule has 130 valence electrons. The van der Waals surface area contributed by atoms with Crippen LogP contribution in [-0.2, 0) is 6.54 Å². The standard InChI is InChI=1S/C16H27N3.3ClH/c1-18(2)13-10-17-16-8-11-19(12-9-16)14-15-6-4-3-5-7-15;;;/h3-7,16-17H,8-14H2,1-2H3;3*1H. The summed E-state index contributed by atoms with van der Waals surface area (Å²) in [7, 11) is 4.26. The molecule has 1 aromatic rings. The Morgan fingerprint density at radius 3 is 2.18 bits per heavy atom. The molecule has 0 radical (unpaired) electrons. The first kappa shape index (κ1) is 24.2. The summed E-state index contributed by atoms with van der Waals surface area (Å²) >= 11 is 0. The van der Waals surface area contributed by atoms with Crippen molar-refractivity contribution >= 4 is 37.2 Å². The third-order valence-electron chi connectivity index (χ3n) is 3.83. The van der Waals surface area contributed by atoms with Gasteiger partial charge in [0.05, 0.1) is 0 Å². The number of likely N-dealkylation sites (tertiary alicyclic amines) is 1. The minimum Gasteiger partial charge on any atom is -0.313 e. The molecule has 2 rings (SSSR count). The van der Waals surface area contributed by atoms with Crippen molar-refractivity contribution in [3.63, 3.8) is 0 Å². The van der Waals surface area contributed by atoms with E-state index in [1.54, 1.807) is 0 Å². The van der Waals surface area contributed by atoms with E-state index in [9.17, 15) is 0 Å². The van der Waals surface area contributed by atoms with Crippen LogP contribution in [0.25, 0.3) is 0 Å². The van der Waals surface area contributed by atoms with Crippen LogP contribution in [0.5, 0.6) is 0 Å². The predicted molar refractivity (Wildman–Crippen MR) is 103 cm³/mol. The molecule has 0 aliphatic carbocycles. The maximum Gasteiger partial charge on any atom is 0.0233 e. The molecule has 0 amide bonds. The van der Waals surface area contributed by atoms with E-state index in [1.165, 1.54) is 31.5 Å². The van der Waals surface area contributed by atoms with Crippen molar-refractivity contribution in [2.24, 2.45) is 0 Å². The fourth-order valence-corrected chi connectivity index (χ4v) is 2.63. The Morgan fingerprint density at radius 2 is 1.64 bits per heavy atom. The average molecular weight is 371 g/mol. The predicted octanol–water partition coefficient (Wildman–Crippen LogP) is 3.07. The van der Waals surface area contributed by atoms with E-state index in [0.29, 0.717) is 6.04 Å². The Hall–Kier alpha value is -0.0300. The Morgan fingerprint density at radius 1 is 1.05 bits per heavy atom. The molecule has 1 aromatic carbocycles. The second kappa shape index (κ2) is 13.4. The van der Waals surface area contributed by atoms with Crippen molar-refractivity contribution in [2.45, 2.75) is 25.4 Å². The molecule has 0 bridgehead atoms. The van der Waals surface area contributed by atoms with Gasteiger partial charge in [-0.2, -0.15) is 0 Å². The van der Waals surface area contributed by atoms with Crippen LogP contribution in [0.3, 0.4) is 0 Å². The van der Waals surface area contributed by atoms with E-state index >= 15 is 0 Å². The Bertz CT molecular complexity index is 355. The van der Waals surface area contributed by atoms with Crippen molar-refractivity contribution < 1.29 is 0 Å². The molecule has 22 heavy (non-hydrogen) atoms. The first-order valence-corrected chi connectivity index (χ1v) is 7.38. The molecule has 1 fully saturated rings. The molecular formula is C16H30Cl3N3. The van der Waals surface area contributed by atoms with E-state index < -0.39 is 0 Å². The quantitative estimate of drug-likeness (QED) is 0.830. The van der Waals surface area contributed by atoms with E-state index in [0.717, 1.165) is 19.6 Å². The summed E-state index contributed by atoms with van der Waals surface area (Å²) in [5, 5.41) is 3.67. The molecule has 1 heterocycles. The number of nitrogens with one attached hydrogen (secondary N) is 1. The normalized spacial score (nSPS) is 15.6. The van der Waals surface area contributed by atoms with Crippen molar-refractivity contribution in [2.75, 3.05) is 40.3 Å². The van der Waals surface area contributed by atoms with E-state index in [1.807, 2.05) is 0 Å². The summed E-state index contributed by atoms with van der Waals surface area (Å²) in [4.78, 5) is 4.80. The molecule has 6 heteroatoms. The molecule has 0 unspecified atom stereocenters. The summed E-state index contributed by atoms with van der Waals surface area (Å²) in [6, 6.07) is 11.5. The minimum atomic E-state index is 0. The number of piperidine rings is 1. The van der Waals surface area contributed by atoms with Crippen molar-refractivity contribution in [3.05, 3.63) is 35.9 Å². The molecule has 1 N–H and O–H groups in total. The molecule has 1 aliphatic heterocycles. The second-order valence-corrected chi connectivity index (χ2v) is 5.79. The van der Waals surface area contributed by atoms with Gasteiger partial charge in [0.1, 0.15) is 0 Å². The van der Waals surface area contributed by atoms with Gasteiger partial charge in [0.25, 0.3) is 0 Å². The maximum absolute atomic E-state index is 3.67. The van der Waals surface area contributed by atoms with Gasteiger partial charge in [0.2, 0.25) is 0 Å². The molecule has 0 saturated carbocycles. The summed E-state index contributed by atoms with van der Waals surface area (Å²) in [6.07, 6.45) is 2.56. The fourth-order valence-electron chi connectivity index (χ4n) is 2.63. The van der Waals surface area contributed by atoms with Crippen molar-refractivity contribution in [3.8, 4) is 0 Å². The minimum absolute atomic E-state index is 0. The molecule has 1 aliphatic rings. The number of rotatable bonds is 6. The van der Waals surface area contributed by atoms with Gasteiger partial charge in [-0.15, -0.1) is 37.2 Å². The van der Waals surface area contributed by atoms with Crippen LogP contribution < -0.4 is 5.32 Å².